The van der Waals surface area contributed by atoms with Gasteiger partial charge in [-0.05, 0) is 36.6 Å². The summed E-state index contributed by atoms with van der Waals surface area (Å²) >= 11 is 0. The van der Waals surface area contributed by atoms with Gasteiger partial charge in [-0.2, -0.15) is 5.26 Å². The number of rotatable bonds is 6. The predicted octanol–water partition coefficient (Wildman–Crippen LogP) is 3.63. The minimum atomic E-state index is -0.686. The van der Waals surface area contributed by atoms with Crippen LogP contribution in [0.2, 0.25) is 0 Å². The molecule has 2 heterocycles. The van der Waals surface area contributed by atoms with Crippen LogP contribution in [0.1, 0.15) is 28.3 Å². The topological polar surface area (TPSA) is 99.5 Å². The van der Waals surface area contributed by atoms with Crippen LogP contribution >= 0.6 is 0 Å². The van der Waals surface area contributed by atoms with Crippen molar-refractivity contribution in [3.05, 3.63) is 98.8 Å². The Morgan fingerprint density at radius 2 is 1.82 bits per heavy atom. The molecule has 0 amide bonds. The highest BCUT2D eigenvalue weighted by molar-refractivity contribution is 5.57. The molecule has 7 nitrogen and oxygen atoms in total. The van der Waals surface area contributed by atoms with Crippen LogP contribution < -0.4 is 25.5 Å². The number of aryl methyl sites for hydroxylation is 2. The summed E-state index contributed by atoms with van der Waals surface area (Å²) in [6, 6.07) is 19.2. The SMILES string of the molecule is COc1ccc([C@H]2C(C#N)=C(N)Oc3cc(C)n(CCc4ccccc4)c(=O)c32)cc1OC. The van der Waals surface area contributed by atoms with Crippen molar-refractivity contribution < 1.29 is 14.2 Å². The maximum Gasteiger partial charge on any atom is 0.258 e. The molecule has 0 bridgehead atoms. The first-order valence-electron chi connectivity index (χ1n) is 10.6. The first kappa shape index (κ1) is 22.0. The van der Waals surface area contributed by atoms with Gasteiger partial charge in [0.15, 0.2) is 11.5 Å². The smallest absolute Gasteiger partial charge is 0.258 e. The fraction of sp³-hybridized carbons (Fsp3) is 0.231. The van der Waals surface area contributed by atoms with Gasteiger partial charge < -0.3 is 24.5 Å². The van der Waals surface area contributed by atoms with Crippen LogP contribution in [0.3, 0.4) is 0 Å². The third-order valence-electron chi connectivity index (χ3n) is 5.90. The van der Waals surface area contributed by atoms with Crippen LogP contribution in [0.15, 0.2) is 70.8 Å². The predicted molar refractivity (Wildman–Crippen MR) is 124 cm³/mol. The van der Waals surface area contributed by atoms with E-state index in [9.17, 15) is 10.1 Å². The Morgan fingerprint density at radius 3 is 2.48 bits per heavy atom. The van der Waals surface area contributed by atoms with Crippen molar-refractivity contribution in [3.63, 3.8) is 0 Å². The molecule has 1 aliphatic rings. The Kier molecular flexibility index (Phi) is 6.09. The lowest BCUT2D eigenvalue weighted by Gasteiger charge is -2.27. The molecule has 1 aromatic heterocycles. The number of hydrogen-bond donors (Lipinski definition) is 1. The summed E-state index contributed by atoms with van der Waals surface area (Å²) in [5.74, 6) is 0.716. The van der Waals surface area contributed by atoms with Gasteiger partial charge in [-0.15, -0.1) is 0 Å². The summed E-state index contributed by atoms with van der Waals surface area (Å²) in [4.78, 5) is 13.7. The number of methoxy groups -OCH3 is 2. The van der Waals surface area contributed by atoms with Crippen LogP contribution in [0.5, 0.6) is 17.2 Å². The Balaban J connectivity index is 1.85. The second-order valence-electron chi connectivity index (χ2n) is 7.80. The molecule has 7 heteroatoms. The van der Waals surface area contributed by atoms with Crippen molar-refractivity contribution in [1.29, 1.82) is 5.26 Å². The summed E-state index contributed by atoms with van der Waals surface area (Å²) in [7, 11) is 3.09. The van der Waals surface area contributed by atoms with E-state index in [0.29, 0.717) is 41.3 Å². The minimum Gasteiger partial charge on any atom is -0.493 e. The van der Waals surface area contributed by atoms with Gasteiger partial charge in [0.1, 0.15) is 17.4 Å². The van der Waals surface area contributed by atoms with Crippen LogP contribution in [0.4, 0.5) is 0 Å². The van der Waals surface area contributed by atoms with Crippen molar-refractivity contribution in [1.82, 2.24) is 4.57 Å². The van der Waals surface area contributed by atoms with E-state index in [0.717, 1.165) is 11.3 Å². The second-order valence-corrected chi connectivity index (χ2v) is 7.80. The maximum atomic E-state index is 13.7. The fourth-order valence-electron chi connectivity index (χ4n) is 4.22. The first-order chi connectivity index (χ1) is 16.0. The van der Waals surface area contributed by atoms with Crippen LogP contribution in [-0.4, -0.2) is 18.8 Å². The number of pyridine rings is 1. The molecule has 0 unspecified atom stereocenters. The molecule has 3 aromatic rings. The second kappa shape index (κ2) is 9.13. The number of allylic oxidation sites excluding steroid dienone is 1. The van der Waals surface area contributed by atoms with E-state index in [-0.39, 0.29) is 17.0 Å². The molecule has 1 atom stereocenters. The van der Waals surface area contributed by atoms with E-state index < -0.39 is 5.92 Å². The number of nitriles is 1. The average molecular weight is 444 g/mol. The van der Waals surface area contributed by atoms with E-state index in [1.165, 1.54) is 7.11 Å². The summed E-state index contributed by atoms with van der Waals surface area (Å²) in [5.41, 5.74) is 9.04. The molecule has 0 saturated heterocycles. The summed E-state index contributed by atoms with van der Waals surface area (Å²) in [5, 5.41) is 9.88. The van der Waals surface area contributed by atoms with Crippen molar-refractivity contribution in [3.8, 4) is 23.3 Å². The van der Waals surface area contributed by atoms with Gasteiger partial charge in [0, 0.05) is 18.3 Å². The number of ether oxygens (including phenoxy) is 3. The maximum absolute atomic E-state index is 13.7. The lowest BCUT2D eigenvalue weighted by atomic mass is 9.84. The Hall–Kier alpha value is -4.18. The summed E-state index contributed by atoms with van der Waals surface area (Å²) in [6.07, 6.45) is 0.700. The minimum absolute atomic E-state index is 0.00868. The van der Waals surface area contributed by atoms with Crippen molar-refractivity contribution in [2.24, 2.45) is 5.73 Å². The Labute approximate surface area is 192 Å². The standard InChI is InChI=1S/C26H25N3O4/c1-16-13-22-24(26(30)29(16)12-11-17-7-5-4-6-8-17)23(19(15-27)25(28)33-22)18-9-10-20(31-2)21(14-18)32-3/h4-10,13-14,23H,11-12,28H2,1-3H3/t23-/m0/s1. The third-order valence-corrected chi connectivity index (χ3v) is 5.90. The molecule has 168 valence electrons. The normalized spacial score (nSPS) is 14.8. The van der Waals surface area contributed by atoms with Gasteiger partial charge in [-0.25, -0.2) is 0 Å². The van der Waals surface area contributed by atoms with Gasteiger partial charge in [0.05, 0.1) is 25.7 Å². The summed E-state index contributed by atoms with van der Waals surface area (Å²) < 4.78 is 18.2. The number of aromatic nitrogens is 1. The van der Waals surface area contributed by atoms with Crippen LogP contribution in [0.25, 0.3) is 0 Å². The van der Waals surface area contributed by atoms with Crippen molar-refractivity contribution >= 4 is 0 Å². The molecule has 0 spiro atoms. The summed E-state index contributed by atoms with van der Waals surface area (Å²) in [6.45, 7) is 2.36. The van der Waals surface area contributed by atoms with Gasteiger partial charge >= 0.3 is 0 Å². The van der Waals surface area contributed by atoms with Gasteiger partial charge in [0.2, 0.25) is 5.88 Å². The van der Waals surface area contributed by atoms with E-state index in [4.69, 9.17) is 19.9 Å². The first-order valence-corrected chi connectivity index (χ1v) is 10.6. The highest BCUT2D eigenvalue weighted by atomic mass is 16.5. The van der Waals surface area contributed by atoms with Crippen LogP contribution in [-0.2, 0) is 13.0 Å². The highest BCUT2D eigenvalue weighted by Gasteiger charge is 2.34. The van der Waals surface area contributed by atoms with Gasteiger partial charge in [-0.3, -0.25) is 4.79 Å². The molecule has 1 aliphatic heterocycles. The van der Waals surface area contributed by atoms with Crippen LogP contribution in [0, 0.1) is 18.3 Å². The molecule has 33 heavy (non-hydrogen) atoms. The van der Waals surface area contributed by atoms with Crippen molar-refractivity contribution in [2.75, 3.05) is 14.2 Å². The van der Waals surface area contributed by atoms with E-state index in [1.807, 2.05) is 37.3 Å². The number of fused-ring (bicyclic) bond motifs is 1. The zero-order valence-electron chi connectivity index (χ0n) is 18.8. The number of benzene rings is 2. The Bertz CT molecular complexity index is 1320. The quantitative estimate of drug-likeness (QED) is 0.625. The largest absolute Gasteiger partial charge is 0.493 e. The van der Waals surface area contributed by atoms with E-state index in [1.54, 1.807) is 35.9 Å². The average Bonchev–Trinajstić information content (AvgIpc) is 2.83. The monoisotopic (exact) mass is 443 g/mol. The Morgan fingerprint density at radius 1 is 1.09 bits per heavy atom. The molecule has 4 rings (SSSR count). The van der Waals surface area contributed by atoms with E-state index in [2.05, 4.69) is 6.07 Å². The third kappa shape index (κ3) is 4.03. The van der Waals surface area contributed by atoms with E-state index >= 15 is 0 Å². The molecule has 2 N–H and O–H groups in total. The fourth-order valence-corrected chi connectivity index (χ4v) is 4.22. The van der Waals surface area contributed by atoms with Gasteiger partial charge in [0.25, 0.3) is 5.56 Å². The molecular formula is C26H25N3O4. The lowest BCUT2D eigenvalue weighted by molar-refractivity contribution is 0.354. The molecule has 2 aromatic carbocycles. The number of nitrogens with two attached hydrogens (primary N) is 1. The zero-order valence-corrected chi connectivity index (χ0v) is 18.8. The molecule has 0 radical (unpaired) electrons. The number of nitrogens with zero attached hydrogens (tertiary/aromatic N) is 2. The lowest BCUT2D eigenvalue weighted by Crippen LogP contribution is -2.33. The zero-order chi connectivity index (χ0) is 23.5. The molecular weight excluding hydrogens is 418 g/mol. The number of hydrogen-bond acceptors (Lipinski definition) is 6. The van der Waals surface area contributed by atoms with Gasteiger partial charge in [-0.1, -0.05) is 36.4 Å². The highest BCUT2D eigenvalue weighted by Crippen LogP contribution is 2.42. The molecule has 0 fully saturated rings. The molecule has 0 saturated carbocycles. The molecule has 0 aliphatic carbocycles. The van der Waals surface area contributed by atoms with Crippen molar-refractivity contribution in [2.45, 2.75) is 25.8 Å².